The molecule has 0 saturated carbocycles. The number of ether oxygens (including phenoxy) is 1. The molecular formula is C22H30O3. The molecule has 0 amide bonds. The third kappa shape index (κ3) is 9.04. The average Bonchev–Trinajstić information content (AvgIpc) is 2.61. The highest BCUT2D eigenvalue weighted by molar-refractivity contribution is 6.03. The molecule has 0 aliphatic rings. The highest BCUT2D eigenvalue weighted by Gasteiger charge is 2.13. The van der Waals surface area contributed by atoms with Gasteiger partial charge in [0.15, 0.2) is 0 Å². The number of hydrogen-bond donors (Lipinski definition) is 0. The van der Waals surface area contributed by atoms with Crippen molar-refractivity contribution in [3.8, 4) is 0 Å². The van der Waals surface area contributed by atoms with Crippen LogP contribution in [0.15, 0.2) is 47.6 Å². The maximum absolute atomic E-state index is 12.0. The zero-order valence-corrected chi connectivity index (χ0v) is 15.7. The monoisotopic (exact) mass is 342 g/mol. The summed E-state index contributed by atoms with van der Waals surface area (Å²) >= 11 is 0. The molecule has 0 N–H and O–H groups in total. The Kier molecular flexibility index (Phi) is 10.2. The van der Waals surface area contributed by atoms with Gasteiger partial charge in [0.2, 0.25) is 0 Å². The van der Waals surface area contributed by atoms with Gasteiger partial charge in [-0.2, -0.15) is 0 Å². The first-order valence-electron chi connectivity index (χ1n) is 9.21. The number of allylic oxidation sites excluding steroid dienone is 1. The molecule has 0 aromatic heterocycles. The molecule has 0 atom stereocenters. The van der Waals surface area contributed by atoms with Crippen LogP contribution in [0.25, 0.3) is 6.08 Å². The van der Waals surface area contributed by atoms with Crippen LogP contribution in [-0.2, 0) is 14.3 Å². The minimum absolute atomic E-state index is 0.406. The van der Waals surface area contributed by atoms with Crippen LogP contribution in [0.3, 0.4) is 0 Å². The quantitative estimate of drug-likeness (QED) is 0.232. The van der Waals surface area contributed by atoms with Gasteiger partial charge in [-0.1, -0.05) is 75.4 Å². The molecule has 136 valence electrons. The van der Waals surface area contributed by atoms with Crippen molar-refractivity contribution in [2.75, 3.05) is 0 Å². The fourth-order valence-electron chi connectivity index (χ4n) is 2.43. The van der Waals surface area contributed by atoms with Crippen LogP contribution in [0.2, 0.25) is 0 Å². The summed E-state index contributed by atoms with van der Waals surface area (Å²) in [5.74, 6) is -1.15. The van der Waals surface area contributed by atoms with E-state index in [0.29, 0.717) is 11.1 Å². The lowest BCUT2D eigenvalue weighted by molar-refractivity contribution is -0.153. The van der Waals surface area contributed by atoms with E-state index in [4.69, 9.17) is 4.74 Å². The van der Waals surface area contributed by atoms with Crippen molar-refractivity contribution in [1.29, 1.82) is 0 Å². The number of benzene rings is 1. The van der Waals surface area contributed by atoms with Crippen molar-refractivity contribution in [3.05, 3.63) is 53.1 Å². The van der Waals surface area contributed by atoms with E-state index in [-0.39, 0.29) is 0 Å². The normalized spacial score (nSPS) is 12.1. The highest BCUT2D eigenvalue weighted by Crippen LogP contribution is 2.11. The standard InChI is InChI=1S/C22H30O3/c1-4-5-6-7-8-9-11-14-18(2)21(23)25-22(24)19(3)17-20-15-12-10-13-16-20/h10,12-17H,4-9,11H2,1-3H3. The fourth-order valence-corrected chi connectivity index (χ4v) is 2.43. The minimum atomic E-state index is -0.596. The molecule has 0 bridgehead atoms. The van der Waals surface area contributed by atoms with Crippen molar-refractivity contribution in [2.45, 2.75) is 65.7 Å². The lowest BCUT2D eigenvalue weighted by Crippen LogP contribution is -2.14. The number of carbonyl (C=O) groups excluding carboxylic acids is 2. The smallest absolute Gasteiger partial charge is 0.341 e. The summed E-state index contributed by atoms with van der Waals surface area (Å²) in [6, 6.07) is 9.48. The molecule has 0 heterocycles. The largest absolute Gasteiger partial charge is 0.386 e. The molecule has 0 unspecified atom stereocenters. The van der Waals surface area contributed by atoms with Crippen LogP contribution in [0.5, 0.6) is 0 Å². The Morgan fingerprint density at radius 2 is 1.48 bits per heavy atom. The summed E-state index contributed by atoms with van der Waals surface area (Å²) < 4.78 is 4.94. The summed E-state index contributed by atoms with van der Waals surface area (Å²) in [5.41, 5.74) is 1.80. The number of esters is 2. The summed E-state index contributed by atoms with van der Waals surface area (Å²) in [6.07, 6.45) is 11.7. The van der Waals surface area contributed by atoms with E-state index in [1.807, 2.05) is 36.4 Å². The topological polar surface area (TPSA) is 43.4 Å². The van der Waals surface area contributed by atoms with Crippen molar-refractivity contribution >= 4 is 18.0 Å². The zero-order valence-electron chi connectivity index (χ0n) is 15.7. The van der Waals surface area contributed by atoms with Crippen molar-refractivity contribution in [1.82, 2.24) is 0 Å². The number of rotatable bonds is 10. The Labute approximate surface area is 151 Å². The van der Waals surface area contributed by atoms with Crippen molar-refractivity contribution in [2.24, 2.45) is 0 Å². The molecule has 0 radical (unpaired) electrons. The van der Waals surface area contributed by atoms with E-state index in [0.717, 1.165) is 18.4 Å². The maximum Gasteiger partial charge on any atom is 0.341 e. The first-order chi connectivity index (χ1) is 12.0. The summed E-state index contributed by atoms with van der Waals surface area (Å²) in [5, 5.41) is 0. The van der Waals surface area contributed by atoms with Crippen LogP contribution in [0.1, 0.15) is 71.3 Å². The van der Waals surface area contributed by atoms with Gasteiger partial charge in [-0.3, -0.25) is 0 Å². The van der Waals surface area contributed by atoms with Gasteiger partial charge in [0.25, 0.3) is 0 Å². The van der Waals surface area contributed by atoms with Crippen molar-refractivity contribution in [3.63, 3.8) is 0 Å². The van der Waals surface area contributed by atoms with E-state index in [9.17, 15) is 9.59 Å². The fraction of sp³-hybridized carbons (Fsp3) is 0.455. The first kappa shape index (κ1) is 20.9. The van der Waals surface area contributed by atoms with E-state index >= 15 is 0 Å². The van der Waals surface area contributed by atoms with E-state index < -0.39 is 11.9 Å². The molecule has 1 rings (SSSR count). The molecule has 0 spiro atoms. The van der Waals surface area contributed by atoms with E-state index in [1.165, 1.54) is 32.1 Å². The van der Waals surface area contributed by atoms with Gasteiger partial charge in [-0.05, 0) is 38.3 Å². The zero-order chi connectivity index (χ0) is 18.5. The summed E-state index contributed by atoms with van der Waals surface area (Å²) in [4.78, 5) is 24.0. The third-order valence-electron chi connectivity index (χ3n) is 4.02. The van der Waals surface area contributed by atoms with Gasteiger partial charge in [0, 0.05) is 11.1 Å². The van der Waals surface area contributed by atoms with Crippen LogP contribution in [0, 0.1) is 0 Å². The summed E-state index contributed by atoms with van der Waals surface area (Å²) in [6.45, 7) is 5.55. The van der Waals surface area contributed by atoms with E-state index in [1.54, 1.807) is 19.9 Å². The highest BCUT2D eigenvalue weighted by atomic mass is 16.6. The average molecular weight is 342 g/mol. The molecule has 0 aliphatic heterocycles. The van der Waals surface area contributed by atoms with Crippen molar-refractivity contribution < 1.29 is 14.3 Å². The first-order valence-corrected chi connectivity index (χ1v) is 9.21. The Hall–Kier alpha value is -2.16. The van der Waals surface area contributed by atoms with Gasteiger partial charge < -0.3 is 4.74 Å². The molecule has 3 heteroatoms. The Morgan fingerprint density at radius 3 is 2.16 bits per heavy atom. The molecule has 25 heavy (non-hydrogen) atoms. The van der Waals surface area contributed by atoms with Gasteiger partial charge in [0.05, 0.1) is 0 Å². The van der Waals surface area contributed by atoms with Crippen LogP contribution in [0.4, 0.5) is 0 Å². The van der Waals surface area contributed by atoms with Crippen LogP contribution < -0.4 is 0 Å². The predicted molar refractivity (Wildman–Crippen MR) is 103 cm³/mol. The van der Waals surface area contributed by atoms with Crippen LogP contribution in [-0.4, -0.2) is 11.9 Å². The Balaban J connectivity index is 2.39. The lowest BCUT2D eigenvalue weighted by atomic mass is 10.1. The van der Waals surface area contributed by atoms with Gasteiger partial charge in [0.1, 0.15) is 0 Å². The molecule has 1 aromatic carbocycles. The number of hydrogen-bond acceptors (Lipinski definition) is 3. The molecular weight excluding hydrogens is 312 g/mol. The summed E-state index contributed by atoms with van der Waals surface area (Å²) in [7, 11) is 0. The minimum Gasteiger partial charge on any atom is -0.386 e. The second-order valence-electron chi connectivity index (χ2n) is 6.36. The van der Waals surface area contributed by atoms with E-state index in [2.05, 4.69) is 6.92 Å². The lowest BCUT2D eigenvalue weighted by Gasteiger charge is -2.04. The molecule has 1 aromatic rings. The molecule has 0 aliphatic carbocycles. The number of carbonyl (C=O) groups is 2. The molecule has 0 fully saturated rings. The van der Waals surface area contributed by atoms with Crippen LogP contribution >= 0.6 is 0 Å². The van der Waals surface area contributed by atoms with Gasteiger partial charge in [-0.25, -0.2) is 9.59 Å². The maximum atomic E-state index is 12.0. The Bertz CT molecular complexity index is 597. The Morgan fingerprint density at radius 1 is 0.880 bits per heavy atom. The number of unbranched alkanes of at least 4 members (excludes halogenated alkanes) is 6. The predicted octanol–water partition coefficient (Wildman–Crippen LogP) is 5.86. The molecule has 0 saturated heterocycles. The SMILES string of the molecule is CCCCCCCCC=C(C)C(=O)OC(=O)C(C)=Cc1ccccc1. The molecule has 3 nitrogen and oxygen atoms in total. The third-order valence-corrected chi connectivity index (χ3v) is 4.02. The second kappa shape index (κ2) is 12.2. The van der Waals surface area contributed by atoms with Gasteiger partial charge in [-0.15, -0.1) is 0 Å². The second-order valence-corrected chi connectivity index (χ2v) is 6.36. The van der Waals surface area contributed by atoms with Gasteiger partial charge >= 0.3 is 11.9 Å².